The van der Waals surface area contributed by atoms with Crippen LogP contribution in [0, 0.1) is 5.92 Å². The molecule has 2 aliphatic carbocycles. The van der Waals surface area contributed by atoms with Gasteiger partial charge in [0.05, 0.1) is 27.7 Å². The zero-order valence-corrected chi connectivity index (χ0v) is 25.7. The number of nitrogens with zero attached hydrogens (tertiary/aromatic N) is 2. The van der Waals surface area contributed by atoms with Crippen molar-refractivity contribution in [2.75, 3.05) is 12.0 Å². The Morgan fingerprint density at radius 2 is 0.933 bits per heavy atom. The van der Waals surface area contributed by atoms with Crippen molar-refractivity contribution in [1.82, 2.24) is 9.80 Å². The van der Waals surface area contributed by atoms with Crippen LogP contribution in [0.5, 0.6) is 0 Å². The van der Waals surface area contributed by atoms with E-state index < -0.39 is 0 Å². The van der Waals surface area contributed by atoms with Crippen molar-refractivity contribution in [2.45, 2.75) is 19.3 Å². The molecule has 0 spiro atoms. The number of carbonyl (C=O) groups is 6. The molecule has 0 radical (unpaired) electrons. The zero-order valence-electron chi connectivity index (χ0n) is 24.1. The molecule has 4 aromatic carbocycles. The minimum atomic E-state index is -0.334. The van der Waals surface area contributed by atoms with Crippen molar-refractivity contribution in [1.29, 1.82) is 0 Å². The lowest BCUT2D eigenvalue weighted by molar-refractivity contribution is 0.0617. The predicted octanol–water partition coefficient (Wildman–Crippen LogP) is 5.79. The molecule has 1 atom stereocenters. The maximum absolute atomic E-state index is 12.4. The molecule has 2 heterocycles. The zero-order chi connectivity index (χ0) is 31.7. The summed E-state index contributed by atoms with van der Waals surface area (Å²) in [5, 5.41) is 0. The lowest BCUT2D eigenvalue weighted by Gasteiger charge is -2.17. The fourth-order valence-electron chi connectivity index (χ4n) is 6.03. The first-order chi connectivity index (χ1) is 21.8. The molecule has 0 N–H and O–H groups in total. The van der Waals surface area contributed by atoms with Crippen molar-refractivity contribution in [3.8, 4) is 0 Å². The van der Waals surface area contributed by atoms with Crippen LogP contribution in [-0.2, 0) is 12.8 Å². The fourth-order valence-corrected chi connectivity index (χ4v) is 6.49. The number of halogens is 1. The Balaban J connectivity index is 0.000000131. The van der Waals surface area contributed by atoms with Gasteiger partial charge in [-0.15, -0.1) is 0 Å². The summed E-state index contributed by atoms with van der Waals surface area (Å²) in [5.74, 6) is -1.06. The number of hydrogen-bond donors (Lipinski definition) is 0. The van der Waals surface area contributed by atoms with Gasteiger partial charge in [-0.1, -0.05) is 88.7 Å². The van der Waals surface area contributed by atoms with Gasteiger partial charge in [0.15, 0.2) is 11.6 Å². The molecule has 2 aliphatic heterocycles. The Morgan fingerprint density at radius 1 is 0.511 bits per heavy atom. The van der Waals surface area contributed by atoms with E-state index in [1.165, 1.54) is 15.4 Å². The van der Waals surface area contributed by atoms with Crippen LogP contribution in [0.25, 0.3) is 0 Å². The molecule has 0 saturated carbocycles. The smallest absolute Gasteiger partial charge is 0.262 e. The third kappa shape index (κ3) is 5.55. The van der Waals surface area contributed by atoms with Gasteiger partial charge in [0.2, 0.25) is 0 Å². The van der Waals surface area contributed by atoms with E-state index in [9.17, 15) is 28.8 Å². The van der Waals surface area contributed by atoms with Gasteiger partial charge in [0.25, 0.3) is 23.6 Å². The number of aryl methyl sites for hydroxylation is 1. The molecule has 4 aliphatic rings. The number of hydrogen-bond acceptors (Lipinski definition) is 6. The van der Waals surface area contributed by atoms with Crippen LogP contribution in [0.2, 0.25) is 0 Å². The summed E-state index contributed by atoms with van der Waals surface area (Å²) in [5.41, 5.74) is 5.94. The summed E-state index contributed by atoms with van der Waals surface area (Å²) in [6.45, 7) is 0.153. The van der Waals surface area contributed by atoms with Crippen LogP contribution in [0.1, 0.15) is 79.7 Å². The number of amides is 4. The standard InChI is InChI=1S/C18H13NO3.C9H6BrNO2.C9H8O/c20-16-12(9-11-5-1-2-6-13(11)16)10-19-17(21)14-7-3-4-8-15(14)18(19)22;10-5-11-8(12)6-3-1-2-4-7(6)9(11)13;10-9-6-5-7-3-1-2-4-8(7)9/h1-8,12H,9-10H2;1-4H,5H2;1-4H,5-6H2. The molecule has 8 rings (SSSR count). The first-order valence-electron chi connectivity index (χ1n) is 14.5. The molecular formula is C36H27BrN2O6. The Kier molecular flexibility index (Phi) is 8.36. The normalized spacial score (nSPS) is 17.3. The van der Waals surface area contributed by atoms with Crippen molar-refractivity contribution in [3.05, 3.63) is 142 Å². The van der Waals surface area contributed by atoms with Crippen LogP contribution in [0.3, 0.4) is 0 Å². The molecule has 45 heavy (non-hydrogen) atoms. The SMILES string of the molecule is O=C1CCc2ccccc21.O=C1c2ccccc2C(=O)N1CBr.O=C1c2ccccc2CC1CN1C(=O)c2ccccc2C1=O. The molecule has 4 amide bonds. The molecule has 4 aromatic rings. The second-order valence-corrected chi connectivity index (χ2v) is 11.5. The van der Waals surface area contributed by atoms with Crippen molar-refractivity contribution >= 4 is 51.1 Å². The van der Waals surface area contributed by atoms with Crippen molar-refractivity contribution in [2.24, 2.45) is 5.92 Å². The summed E-state index contributed by atoms with van der Waals surface area (Å²) in [6, 6.07) is 28.9. The summed E-state index contributed by atoms with van der Waals surface area (Å²) in [4.78, 5) is 73.6. The fraction of sp³-hybridized carbons (Fsp3) is 0.167. The molecule has 1 unspecified atom stereocenters. The van der Waals surface area contributed by atoms with Crippen LogP contribution >= 0.6 is 15.9 Å². The Morgan fingerprint density at radius 3 is 1.40 bits per heavy atom. The average molecular weight is 664 g/mol. The Bertz CT molecular complexity index is 1830. The highest BCUT2D eigenvalue weighted by Crippen LogP contribution is 2.30. The summed E-state index contributed by atoms with van der Waals surface area (Å²) in [7, 11) is 0. The van der Waals surface area contributed by atoms with Crippen LogP contribution in [0.15, 0.2) is 97.1 Å². The summed E-state index contributed by atoms with van der Waals surface area (Å²) in [6.07, 6.45) is 2.23. The molecule has 0 bridgehead atoms. The van der Waals surface area contributed by atoms with Crippen molar-refractivity contribution in [3.63, 3.8) is 0 Å². The minimum Gasteiger partial charge on any atom is -0.294 e. The van der Waals surface area contributed by atoms with Crippen LogP contribution in [-0.4, -0.2) is 57.0 Å². The van der Waals surface area contributed by atoms with Crippen LogP contribution < -0.4 is 0 Å². The lowest BCUT2D eigenvalue weighted by atomic mass is 10.0. The van der Waals surface area contributed by atoms with E-state index in [-0.39, 0.29) is 47.3 Å². The number of rotatable bonds is 3. The topological polar surface area (TPSA) is 109 Å². The number of carbonyl (C=O) groups excluding carboxylic acids is 6. The van der Waals surface area contributed by atoms with Gasteiger partial charge >= 0.3 is 0 Å². The van der Waals surface area contributed by atoms with E-state index in [0.29, 0.717) is 46.4 Å². The third-order valence-corrected chi connectivity index (χ3v) is 8.84. The van der Waals surface area contributed by atoms with Gasteiger partial charge in [0.1, 0.15) is 0 Å². The van der Waals surface area contributed by atoms with Gasteiger partial charge in [-0.3, -0.25) is 38.6 Å². The lowest BCUT2D eigenvalue weighted by Crippen LogP contribution is -2.36. The molecule has 0 aromatic heterocycles. The molecule has 0 fully saturated rings. The molecule has 224 valence electrons. The summed E-state index contributed by atoms with van der Waals surface area (Å²) >= 11 is 3.10. The second-order valence-electron chi connectivity index (χ2n) is 11.0. The Labute approximate surface area is 267 Å². The molecule has 8 nitrogen and oxygen atoms in total. The minimum absolute atomic E-state index is 0.0205. The monoisotopic (exact) mass is 662 g/mol. The number of benzene rings is 4. The van der Waals surface area contributed by atoms with E-state index >= 15 is 0 Å². The number of alkyl halides is 1. The quantitative estimate of drug-likeness (QED) is 0.156. The molecule has 9 heteroatoms. The average Bonchev–Trinajstić information content (AvgIpc) is 3.76. The van der Waals surface area contributed by atoms with E-state index in [1.807, 2.05) is 42.5 Å². The number of imide groups is 2. The van der Waals surface area contributed by atoms with E-state index in [4.69, 9.17) is 0 Å². The van der Waals surface area contributed by atoms with Gasteiger partial charge in [-0.2, -0.15) is 0 Å². The highest BCUT2D eigenvalue weighted by Gasteiger charge is 2.40. The second kappa shape index (κ2) is 12.5. The highest BCUT2D eigenvalue weighted by molar-refractivity contribution is 9.09. The Hall–Kier alpha value is -5.02. The van der Waals surface area contributed by atoms with Gasteiger partial charge in [0, 0.05) is 30.0 Å². The predicted molar refractivity (Wildman–Crippen MR) is 170 cm³/mol. The molecule has 0 saturated heterocycles. The number of ketones is 2. The summed E-state index contributed by atoms with van der Waals surface area (Å²) < 4.78 is 0. The first-order valence-corrected chi connectivity index (χ1v) is 15.6. The first kappa shape index (κ1) is 30.0. The van der Waals surface area contributed by atoms with E-state index in [1.54, 1.807) is 54.6 Å². The molecular weight excluding hydrogens is 636 g/mol. The van der Waals surface area contributed by atoms with Crippen LogP contribution in [0.4, 0.5) is 0 Å². The largest absolute Gasteiger partial charge is 0.294 e. The number of fused-ring (bicyclic) bond motifs is 4. The van der Waals surface area contributed by atoms with Crippen molar-refractivity contribution < 1.29 is 28.8 Å². The number of Topliss-reactive ketones (excluding diaryl/α,β-unsaturated/α-hetero) is 2. The highest BCUT2D eigenvalue weighted by atomic mass is 79.9. The third-order valence-electron chi connectivity index (χ3n) is 8.34. The van der Waals surface area contributed by atoms with Gasteiger partial charge in [-0.05, 0) is 48.2 Å². The van der Waals surface area contributed by atoms with E-state index in [2.05, 4.69) is 15.9 Å². The van der Waals surface area contributed by atoms with Gasteiger partial charge < -0.3 is 0 Å². The maximum atomic E-state index is 12.4. The maximum Gasteiger partial charge on any atom is 0.262 e. The van der Waals surface area contributed by atoms with Gasteiger partial charge in [-0.25, -0.2) is 0 Å². The van der Waals surface area contributed by atoms with E-state index in [0.717, 1.165) is 17.5 Å².